The summed E-state index contributed by atoms with van der Waals surface area (Å²) in [6, 6.07) is 10.7. The van der Waals surface area contributed by atoms with Crippen LogP contribution < -0.4 is 14.2 Å². The number of ether oxygens (including phenoxy) is 2. The molecule has 0 radical (unpaired) electrons. The maximum Gasteiger partial charge on any atom is 0.573 e. The average molecular weight is 484 g/mol. The zero-order chi connectivity index (χ0) is 23.6. The van der Waals surface area contributed by atoms with Crippen molar-refractivity contribution in [2.45, 2.75) is 36.6 Å². The summed E-state index contributed by atoms with van der Waals surface area (Å²) in [7, 11) is -2.59. The van der Waals surface area contributed by atoms with Gasteiger partial charge >= 0.3 is 12.7 Å². The zero-order valence-corrected chi connectivity index (χ0v) is 17.7. The Balaban J connectivity index is 1.56. The Bertz CT molecular complexity index is 905. The molecule has 2 aromatic rings. The lowest BCUT2D eigenvalue weighted by atomic mass is 10.2. The lowest BCUT2D eigenvalue weighted by Crippen LogP contribution is -2.34. The van der Waals surface area contributed by atoms with Crippen LogP contribution in [0.3, 0.4) is 0 Å². The van der Waals surface area contributed by atoms with Crippen LogP contribution in [0.2, 0.25) is 0 Å². The van der Waals surface area contributed by atoms with Gasteiger partial charge in [-0.1, -0.05) is 28.7 Å². The third-order valence-electron chi connectivity index (χ3n) is 4.73. The van der Waals surface area contributed by atoms with E-state index in [1.54, 1.807) is 12.1 Å². The third-order valence-corrected chi connectivity index (χ3v) is 6.69. The van der Waals surface area contributed by atoms with E-state index in [4.69, 9.17) is 0 Å². The van der Waals surface area contributed by atoms with E-state index in [-0.39, 0.29) is 11.8 Å². The van der Waals surface area contributed by atoms with E-state index < -0.39 is 29.0 Å². The van der Waals surface area contributed by atoms with E-state index in [9.17, 15) is 30.9 Å². The summed E-state index contributed by atoms with van der Waals surface area (Å²) in [5.41, 5.74) is 0.802. The number of halogens is 6. The average Bonchev–Trinajstić information content (AvgIpc) is 3.07. The second-order valence-corrected chi connectivity index (χ2v) is 9.89. The topological polar surface area (TPSA) is 54.0 Å². The number of nitrogens with one attached hydrogen (secondary N) is 1. The first-order chi connectivity index (χ1) is 14.8. The highest BCUT2D eigenvalue weighted by atomic mass is 32.3. The molecule has 0 spiro atoms. The Labute approximate surface area is 182 Å². The summed E-state index contributed by atoms with van der Waals surface area (Å²) in [4.78, 5) is 2.37. The van der Waals surface area contributed by atoms with Crippen molar-refractivity contribution >= 4 is 10.5 Å². The molecule has 32 heavy (non-hydrogen) atoms. The van der Waals surface area contributed by atoms with Crippen LogP contribution in [-0.4, -0.2) is 47.6 Å². The molecule has 12 heteroatoms. The van der Waals surface area contributed by atoms with Crippen molar-refractivity contribution in [2.24, 2.45) is 0 Å². The minimum Gasteiger partial charge on any atom is -0.406 e. The van der Waals surface area contributed by atoms with Crippen molar-refractivity contribution in [2.75, 3.05) is 19.3 Å². The molecular formula is C20H22F6N2O3S. The summed E-state index contributed by atoms with van der Waals surface area (Å²) < 4.78 is 95.9. The van der Waals surface area contributed by atoms with Crippen molar-refractivity contribution in [3.63, 3.8) is 0 Å². The SMILES string of the molecule is CS(O)(N[C@@H]1CCN(Cc2ccc(OC(F)(F)F)cc2)C1)c1cccc(OC(F)(F)F)c1. The zero-order valence-electron chi connectivity index (χ0n) is 16.9. The molecule has 0 bridgehead atoms. The molecule has 0 amide bonds. The van der Waals surface area contributed by atoms with Crippen LogP contribution >= 0.6 is 10.5 Å². The van der Waals surface area contributed by atoms with Gasteiger partial charge in [0, 0.05) is 36.8 Å². The first kappa shape index (κ1) is 24.5. The van der Waals surface area contributed by atoms with Crippen LogP contribution in [-0.2, 0) is 6.54 Å². The van der Waals surface area contributed by atoms with Gasteiger partial charge in [-0.3, -0.25) is 9.62 Å². The fourth-order valence-corrected chi connectivity index (χ4v) is 5.11. The summed E-state index contributed by atoms with van der Waals surface area (Å²) in [5, 5.41) is 0. The van der Waals surface area contributed by atoms with Crippen molar-refractivity contribution in [3.05, 3.63) is 54.1 Å². The molecule has 2 atom stereocenters. The Morgan fingerprint density at radius 3 is 2.25 bits per heavy atom. The van der Waals surface area contributed by atoms with Gasteiger partial charge in [-0.15, -0.1) is 26.3 Å². The van der Waals surface area contributed by atoms with Gasteiger partial charge in [-0.25, -0.2) is 0 Å². The van der Waals surface area contributed by atoms with Gasteiger partial charge in [0.25, 0.3) is 0 Å². The molecular weight excluding hydrogens is 462 g/mol. The molecule has 0 saturated carbocycles. The second kappa shape index (κ2) is 9.38. The Hall–Kier alpha value is -2.15. The Kier molecular flexibility index (Phi) is 7.18. The predicted octanol–water partition coefficient (Wildman–Crippen LogP) is 5.53. The quantitative estimate of drug-likeness (QED) is 0.507. The monoisotopic (exact) mass is 484 g/mol. The number of hydrogen-bond acceptors (Lipinski definition) is 5. The first-order valence-electron chi connectivity index (χ1n) is 9.50. The lowest BCUT2D eigenvalue weighted by molar-refractivity contribution is -0.275. The summed E-state index contributed by atoms with van der Waals surface area (Å²) in [5.74, 6) is -0.700. The van der Waals surface area contributed by atoms with Crippen LogP contribution in [0.1, 0.15) is 12.0 Å². The van der Waals surface area contributed by atoms with Gasteiger partial charge in [0.05, 0.1) is 0 Å². The van der Waals surface area contributed by atoms with Gasteiger partial charge < -0.3 is 14.0 Å². The minimum absolute atomic E-state index is 0.111. The maximum absolute atomic E-state index is 12.5. The molecule has 178 valence electrons. The van der Waals surface area contributed by atoms with Crippen molar-refractivity contribution in [3.8, 4) is 11.5 Å². The molecule has 1 saturated heterocycles. The molecule has 2 N–H and O–H groups in total. The Morgan fingerprint density at radius 1 is 1.00 bits per heavy atom. The fraction of sp³-hybridized carbons (Fsp3) is 0.400. The highest BCUT2D eigenvalue weighted by Crippen LogP contribution is 2.47. The highest BCUT2D eigenvalue weighted by Gasteiger charge is 2.33. The van der Waals surface area contributed by atoms with Gasteiger partial charge in [0.1, 0.15) is 11.5 Å². The number of benzene rings is 2. The van der Waals surface area contributed by atoms with Gasteiger partial charge in [-0.05, 0) is 42.3 Å². The molecule has 5 nitrogen and oxygen atoms in total. The van der Waals surface area contributed by atoms with Gasteiger partial charge in [-0.2, -0.15) is 0 Å². The summed E-state index contributed by atoms with van der Waals surface area (Å²) in [6.07, 6.45) is -7.35. The van der Waals surface area contributed by atoms with Crippen molar-refractivity contribution < 1.29 is 40.4 Å². The molecule has 2 aromatic carbocycles. The van der Waals surface area contributed by atoms with Crippen molar-refractivity contribution in [1.82, 2.24) is 9.62 Å². The normalized spacial score (nSPS) is 20.6. The number of hydrogen-bond donors (Lipinski definition) is 2. The van der Waals surface area contributed by atoms with E-state index in [0.29, 0.717) is 31.0 Å². The third kappa shape index (κ3) is 7.47. The number of rotatable bonds is 7. The van der Waals surface area contributed by atoms with Crippen LogP contribution in [0.25, 0.3) is 0 Å². The maximum atomic E-state index is 12.5. The van der Waals surface area contributed by atoms with E-state index in [0.717, 1.165) is 17.7 Å². The highest BCUT2D eigenvalue weighted by molar-refractivity contribution is 8.27. The van der Waals surface area contributed by atoms with E-state index in [2.05, 4.69) is 19.1 Å². The van der Waals surface area contributed by atoms with Crippen LogP contribution in [0.5, 0.6) is 11.5 Å². The summed E-state index contributed by atoms with van der Waals surface area (Å²) in [6.45, 7) is 1.74. The smallest absolute Gasteiger partial charge is 0.406 e. The molecule has 1 fully saturated rings. The molecule has 1 aliphatic heterocycles. The minimum atomic E-state index is -4.82. The van der Waals surface area contributed by atoms with Crippen LogP contribution in [0.4, 0.5) is 26.3 Å². The molecule has 1 aliphatic rings. The molecule has 1 unspecified atom stereocenters. The largest absolute Gasteiger partial charge is 0.573 e. The van der Waals surface area contributed by atoms with Crippen LogP contribution in [0, 0.1) is 0 Å². The lowest BCUT2D eigenvalue weighted by Gasteiger charge is -2.34. The van der Waals surface area contributed by atoms with E-state index in [1.165, 1.54) is 30.5 Å². The number of likely N-dealkylation sites (tertiary alicyclic amines) is 1. The molecule has 0 aliphatic carbocycles. The van der Waals surface area contributed by atoms with Gasteiger partial charge in [0.2, 0.25) is 0 Å². The van der Waals surface area contributed by atoms with E-state index in [1.807, 2.05) is 0 Å². The number of alkyl halides is 6. The van der Waals surface area contributed by atoms with Crippen LogP contribution in [0.15, 0.2) is 53.4 Å². The Morgan fingerprint density at radius 2 is 1.62 bits per heavy atom. The first-order valence-corrected chi connectivity index (χ1v) is 11.5. The van der Waals surface area contributed by atoms with Gasteiger partial charge in [0.15, 0.2) is 0 Å². The number of nitrogens with zero attached hydrogens (tertiary/aromatic N) is 1. The molecule has 1 heterocycles. The van der Waals surface area contributed by atoms with E-state index >= 15 is 0 Å². The van der Waals surface area contributed by atoms with Crippen molar-refractivity contribution in [1.29, 1.82) is 0 Å². The standard InChI is InChI=1S/C20H22F6N2O3S/c1-32(29,18-4-2-3-17(11-18)31-20(24,25)26)27-15-9-10-28(13-15)12-14-5-7-16(8-6-14)30-19(21,22)23/h2-8,11,15,27,29H,9-10,12-13H2,1H3/t15-/m1/s1. The predicted molar refractivity (Wildman–Crippen MR) is 107 cm³/mol. The summed E-state index contributed by atoms with van der Waals surface area (Å²) >= 11 is 0. The second-order valence-electron chi connectivity index (χ2n) is 7.43. The fourth-order valence-electron chi connectivity index (χ4n) is 3.44. The molecule has 3 rings (SSSR count). The molecule has 0 aromatic heterocycles.